The number of hydrogen-bond acceptors (Lipinski definition) is 8. The molecule has 44 heavy (non-hydrogen) atoms. The zero-order valence-corrected chi connectivity index (χ0v) is 27.8. The van der Waals surface area contributed by atoms with Crippen molar-refractivity contribution in [3.8, 4) is 0 Å². The van der Waals surface area contributed by atoms with Crippen molar-refractivity contribution in [3.05, 3.63) is 23.3 Å². The topological polar surface area (TPSA) is 130 Å². The molecule has 8 nitrogen and oxygen atoms in total. The molecule has 0 bridgehead atoms. The molecule has 0 heterocycles. The van der Waals surface area contributed by atoms with Gasteiger partial charge < -0.3 is 24.8 Å². The first-order valence-electron chi connectivity index (χ1n) is 17.2. The van der Waals surface area contributed by atoms with Crippen LogP contribution in [0.25, 0.3) is 0 Å². The molecule has 2 saturated carbocycles. The molecule has 0 spiro atoms. The highest BCUT2D eigenvalue weighted by Gasteiger charge is 2.87. The summed E-state index contributed by atoms with van der Waals surface area (Å²) in [7, 11) is 0. The smallest absolute Gasteiger partial charge is 0.306 e. The van der Waals surface area contributed by atoms with Crippen molar-refractivity contribution in [1.82, 2.24) is 0 Å². The molecule has 0 amide bonds. The number of hydrogen-bond donors (Lipinski definition) is 3. The molecule has 0 aromatic rings. The fourth-order valence-electron chi connectivity index (χ4n) is 9.01. The third kappa shape index (κ3) is 5.72. The van der Waals surface area contributed by atoms with Gasteiger partial charge in [-0.25, -0.2) is 0 Å². The lowest BCUT2D eigenvalue weighted by molar-refractivity contribution is -0.229. The molecular formula is C36H56O8. The fraction of sp³-hybridized carbons (Fsp3) is 0.806. The minimum Gasteiger partial charge on any atom is -0.458 e. The number of aliphatic hydroxyl groups is 3. The first-order valence-corrected chi connectivity index (χ1v) is 17.2. The summed E-state index contributed by atoms with van der Waals surface area (Å²) in [6.45, 7) is 11.3. The molecule has 248 valence electrons. The highest BCUT2D eigenvalue weighted by molar-refractivity contribution is 6.04. The Morgan fingerprint density at radius 1 is 0.909 bits per heavy atom. The lowest BCUT2D eigenvalue weighted by atomic mass is 9.59. The molecule has 8 heteroatoms. The SMILES string of the molecule is CCCCCCCC(=O)O[C@@H]1[C@@H](C)[C@@]2(O)[C@@H](C=C(CO)C[C@@]3(O)C(=O)C(C)=C[C@@H]23)[C@@H]2C(C)(C)[C@]12OC(=O)CCCCCCC. The molecule has 4 aliphatic rings. The predicted octanol–water partition coefficient (Wildman–Crippen LogP) is 5.75. The second-order valence-electron chi connectivity index (χ2n) is 14.6. The second kappa shape index (κ2) is 13.4. The third-order valence-corrected chi connectivity index (χ3v) is 11.5. The Labute approximate surface area is 263 Å². The van der Waals surface area contributed by atoms with Crippen molar-refractivity contribution in [2.75, 3.05) is 6.61 Å². The van der Waals surface area contributed by atoms with Crippen LogP contribution in [-0.4, -0.2) is 62.6 Å². The van der Waals surface area contributed by atoms with Crippen LogP contribution in [0.5, 0.6) is 0 Å². The zero-order chi connectivity index (χ0) is 32.5. The molecule has 0 saturated heterocycles. The van der Waals surface area contributed by atoms with Crippen molar-refractivity contribution in [2.24, 2.45) is 29.1 Å². The van der Waals surface area contributed by atoms with Gasteiger partial charge in [-0.3, -0.25) is 14.4 Å². The van der Waals surface area contributed by atoms with Crippen molar-refractivity contribution in [3.63, 3.8) is 0 Å². The van der Waals surface area contributed by atoms with Gasteiger partial charge in [0.05, 0.1) is 12.2 Å². The molecule has 0 aliphatic heterocycles. The Kier molecular flexibility index (Phi) is 10.6. The van der Waals surface area contributed by atoms with E-state index in [4.69, 9.17) is 9.47 Å². The number of rotatable bonds is 15. The van der Waals surface area contributed by atoms with Crippen LogP contribution in [0.4, 0.5) is 0 Å². The number of esters is 2. The van der Waals surface area contributed by atoms with Crippen molar-refractivity contribution >= 4 is 17.7 Å². The van der Waals surface area contributed by atoms with Crippen LogP contribution in [0.1, 0.15) is 125 Å². The first-order chi connectivity index (χ1) is 20.8. The van der Waals surface area contributed by atoms with Gasteiger partial charge in [-0.1, -0.05) is 98.1 Å². The minimum atomic E-state index is -1.93. The largest absolute Gasteiger partial charge is 0.458 e. The molecule has 0 unspecified atom stereocenters. The maximum atomic E-state index is 13.4. The molecule has 2 fully saturated rings. The number of fused-ring (bicyclic) bond motifs is 5. The Hall–Kier alpha value is -2.03. The average Bonchev–Trinajstić information content (AvgIpc) is 3.40. The van der Waals surface area contributed by atoms with Crippen LogP contribution in [0, 0.1) is 29.1 Å². The zero-order valence-electron chi connectivity index (χ0n) is 27.8. The van der Waals surface area contributed by atoms with Crippen LogP contribution in [0.2, 0.25) is 0 Å². The lowest BCUT2D eigenvalue weighted by Gasteiger charge is -2.53. The van der Waals surface area contributed by atoms with Crippen LogP contribution in [0.15, 0.2) is 23.3 Å². The van der Waals surface area contributed by atoms with E-state index >= 15 is 0 Å². The van der Waals surface area contributed by atoms with Crippen molar-refractivity contribution < 1.29 is 39.2 Å². The van der Waals surface area contributed by atoms with Gasteiger partial charge in [0.25, 0.3) is 0 Å². The Balaban J connectivity index is 1.72. The average molecular weight is 617 g/mol. The van der Waals surface area contributed by atoms with E-state index in [9.17, 15) is 29.7 Å². The number of ether oxygens (including phenoxy) is 2. The van der Waals surface area contributed by atoms with E-state index in [1.807, 2.05) is 13.8 Å². The highest BCUT2D eigenvalue weighted by Crippen LogP contribution is 2.77. The monoisotopic (exact) mass is 616 g/mol. The molecule has 8 atom stereocenters. The number of aliphatic hydroxyl groups excluding tert-OH is 1. The molecule has 4 aliphatic carbocycles. The number of Topliss-reactive ketones (excluding diaryl/α,β-unsaturated/α-hetero) is 1. The lowest BCUT2D eigenvalue weighted by Crippen LogP contribution is -2.66. The fourth-order valence-corrected chi connectivity index (χ4v) is 9.01. The number of ketones is 1. The normalized spacial score (nSPS) is 36.8. The molecule has 0 aromatic carbocycles. The molecule has 0 aromatic heterocycles. The maximum absolute atomic E-state index is 13.4. The highest BCUT2D eigenvalue weighted by atomic mass is 16.6. The van der Waals surface area contributed by atoms with E-state index < -0.39 is 63.7 Å². The van der Waals surface area contributed by atoms with Gasteiger partial charge >= 0.3 is 11.9 Å². The van der Waals surface area contributed by atoms with E-state index in [0.717, 1.165) is 51.4 Å². The van der Waals surface area contributed by atoms with E-state index in [-0.39, 0.29) is 31.8 Å². The molecule has 0 radical (unpaired) electrons. The van der Waals surface area contributed by atoms with Crippen LogP contribution in [0.3, 0.4) is 0 Å². The quantitative estimate of drug-likeness (QED) is 0.120. The summed E-state index contributed by atoms with van der Waals surface area (Å²) in [6.07, 6.45) is 12.6. The summed E-state index contributed by atoms with van der Waals surface area (Å²) in [4.78, 5) is 40.2. The molecule has 4 rings (SSSR count). The Morgan fingerprint density at radius 3 is 2.05 bits per heavy atom. The predicted molar refractivity (Wildman–Crippen MR) is 167 cm³/mol. The maximum Gasteiger partial charge on any atom is 0.306 e. The van der Waals surface area contributed by atoms with Crippen LogP contribution >= 0.6 is 0 Å². The van der Waals surface area contributed by atoms with Gasteiger partial charge in [-0.05, 0) is 30.9 Å². The minimum absolute atomic E-state index is 0.105. The molecular weight excluding hydrogens is 560 g/mol. The van der Waals surface area contributed by atoms with E-state index in [2.05, 4.69) is 13.8 Å². The van der Waals surface area contributed by atoms with E-state index in [0.29, 0.717) is 24.0 Å². The van der Waals surface area contributed by atoms with Gasteiger partial charge in [0, 0.05) is 48.3 Å². The van der Waals surface area contributed by atoms with Gasteiger partial charge in [-0.15, -0.1) is 0 Å². The Morgan fingerprint density at radius 2 is 1.48 bits per heavy atom. The van der Waals surface area contributed by atoms with E-state index in [1.165, 1.54) is 0 Å². The third-order valence-electron chi connectivity index (χ3n) is 11.5. The molecule has 3 N–H and O–H groups in total. The summed E-state index contributed by atoms with van der Waals surface area (Å²) < 4.78 is 12.7. The standard InChI is InChI=1S/C36H56O8/c1-7-9-11-13-15-17-28(38)43-32-24(4)35(42)26(20-25(22-37)21-34(41)27(35)19-23(3)31(34)40)30-33(5,6)36(30,32)44-29(39)18-16-14-12-10-8-2/h19-20,24,26-27,30,32,37,41-42H,7-18,21-22H2,1-6H3/t24-,26+,27-,30-,32-,34+,35-,36-/m1/s1. The number of carbonyl (C=O) groups is 3. The van der Waals surface area contributed by atoms with Crippen LogP contribution < -0.4 is 0 Å². The Bertz CT molecular complexity index is 1150. The van der Waals surface area contributed by atoms with Gasteiger partial charge in [-0.2, -0.15) is 0 Å². The summed E-state index contributed by atoms with van der Waals surface area (Å²) in [5, 5.41) is 35.1. The summed E-state index contributed by atoms with van der Waals surface area (Å²) >= 11 is 0. The number of carbonyl (C=O) groups excluding carboxylic acids is 3. The van der Waals surface area contributed by atoms with Gasteiger partial charge in [0.1, 0.15) is 11.7 Å². The number of unbranched alkanes of at least 4 members (excludes halogenated alkanes) is 8. The first kappa shape index (κ1) is 34.8. The van der Waals surface area contributed by atoms with Crippen molar-refractivity contribution in [2.45, 2.75) is 148 Å². The summed E-state index contributed by atoms with van der Waals surface area (Å²) in [6, 6.07) is 0. The second-order valence-corrected chi connectivity index (χ2v) is 14.6. The summed E-state index contributed by atoms with van der Waals surface area (Å²) in [5.74, 6) is -4.12. The van der Waals surface area contributed by atoms with Gasteiger partial charge in [0.2, 0.25) is 0 Å². The van der Waals surface area contributed by atoms with Crippen molar-refractivity contribution in [1.29, 1.82) is 0 Å². The summed E-state index contributed by atoms with van der Waals surface area (Å²) in [5.41, 5.74) is -4.71. The van der Waals surface area contributed by atoms with Crippen LogP contribution in [-0.2, 0) is 23.9 Å². The van der Waals surface area contributed by atoms with Gasteiger partial charge in [0.15, 0.2) is 11.4 Å². The van der Waals surface area contributed by atoms with E-state index in [1.54, 1.807) is 26.0 Å².